The van der Waals surface area contributed by atoms with E-state index < -0.39 is 30.4 Å². The predicted octanol–water partition coefficient (Wildman–Crippen LogP) is 7.03. The molecule has 0 aliphatic carbocycles. The topological polar surface area (TPSA) is 130 Å². The number of hydrogen-bond donors (Lipinski definition) is 4. The number of methoxy groups -OCH3 is 1. The SMILES string of the molecule is COC(=O)[C@H](Cc1ccccc1)NC(=O)NCc1ccccc1-c1ccc([C@H]2O[C@@H](CN(C)[C@H](C)[C@@H](O)c3ccccc3)C[C@@H](c3ccc(CO)cc3)O2)cc1. The van der Waals surface area contributed by atoms with E-state index in [0.29, 0.717) is 19.4 Å². The van der Waals surface area contributed by atoms with Gasteiger partial charge in [0.2, 0.25) is 0 Å². The van der Waals surface area contributed by atoms with E-state index in [1.54, 1.807) is 0 Å². The average Bonchev–Trinajstić information content (AvgIpc) is 3.25. The van der Waals surface area contributed by atoms with Gasteiger partial charge in [0.1, 0.15) is 6.04 Å². The maximum Gasteiger partial charge on any atom is 0.328 e. The molecular weight excluding hydrogens is 707 g/mol. The summed E-state index contributed by atoms with van der Waals surface area (Å²) in [4.78, 5) is 27.6. The fourth-order valence-corrected chi connectivity index (χ4v) is 7.04. The van der Waals surface area contributed by atoms with Crippen LogP contribution in [0.15, 0.2) is 133 Å². The number of hydrogen-bond acceptors (Lipinski definition) is 8. The van der Waals surface area contributed by atoms with E-state index >= 15 is 0 Å². The van der Waals surface area contributed by atoms with Crippen LogP contribution in [0.2, 0.25) is 0 Å². The van der Waals surface area contributed by atoms with Crippen LogP contribution in [0.5, 0.6) is 0 Å². The number of nitrogens with zero attached hydrogens (tertiary/aromatic N) is 1. The maximum absolute atomic E-state index is 13.0. The third-order valence-electron chi connectivity index (χ3n) is 10.4. The van der Waals surface area contributed by atoms with Gasteiger partial charge in [0.05, 0.1) is 32.0 Å². The van der Waals surface area contributed by atoms with Crippen molar-refractivity contribution in [3.05, 3.63) is 167 Å². The van der Waals surface area contributed by atoms with Crippen LogP contribution >= 0.6 is 0 Å². The largest absolute Gasteiger partial charge is 0.467 e. The molecule has 1 heterocycles. The minimum absolute atomic E-state index is 0.0318. The van der Waals surface area contributed by atoms with E-state index in [4.69, 9.17) is 14.2 Å². The summed E-state index contributed by atoms with van der Waals surface area (Å²) in [5.41, 5.74) is 7.27. The molecule has 56 heavy (non-hydrogen) atoms. The van der Waals surface area contributed by atoms with E-state index in [9.17, 15) is 19.8 Å². The highest BCUT2D eigenvalue weighted by atomic mass is 16.7. The lowest BCUT2D eigenvalue weighted by Crippen LogP contribution is -2.47. The van der Waals surface area contributed by atoms with Crippen molar-refractivity contribution in [2.24, 2.45) is 0 Å². The third kappa shape index (κ3) is 10.5. The van der Waals surface area contributed by atoms with Crippen molar-refractivity contribution in [2.75, 3.05) is 20.7 Å². The Morgan fingerprint density at radius 3 is 2.14 bits per heavy atom. The van der Waals surface area contributed by atoms with E-state index in [2.05, 4.69) is 15.5 Å². The zero-order valence-electron chi connectivity index (χ0n) is 32.1. The van der Waals surface area contributed by atoms with Gasteiger partial charge in [-0.2, -0.15) is 0 Å². The normalized spacial score (nSPS) is 18.4. The predicted molar refractivity (Wildman–Crippen MR) is 215 cm³/mol. The first-order valence-electron chi connectivity index (χ1n) is 19.0. The number of carbonyl (C=O) groups excluding carboxylic acids is 2. The number of benzene rings is 5. The van der Waals surface area contributed by atoms with Gasteiger partial charge in [0, 0.05) is 37.5 Å². The summed E-state index contributed by atoms with van der Waals surface area (Å²) >= 11 is 0. The molecule has 1 saturated heterocycles. The van der Waals surface area contributed by atoms with Gasteiger partial charge in [-0.25, -0.2) is 9.59 Å². The van der Waals surface area contributed by atoms with Gasteiger partial charge in [-0.05, 0) is 52.9 Å². The Kier molecular flexibility index (Phi) is 14.0. The number of rotatable bonds is 15. The number of aliphatic hydroxyl groups is 2. The van der Waals surface area contributed by atoms with Gasteiger partial charge >= 0.3 is 12.0 Å². The Morgan fingerprint density at radius 2 is 1.46 bits per heavy atom. The molecule has 0 radical (unpaired) electrons. The van der Waals surface area contributed by atoms with Crippen LogP contribution < -0.4 is 10.6 Å². The number of carbonyl (C=O) groups is 2. The van der Waals surface area contributed by atoms with Gasteiger partial charge < -0.3 is 35.1 Å². The van der Waals surface area contributed by atoms with Gasteiger partial charge in [-0.1, -0.05) is 133 Å². The number of aliphatic hydroxyl groups excluding tert-OH is 2. The molecule has 10 nitrogen and oxygen atoms in total. The molecular formula is C46H51N3O7. The Bertz CT molecular complexity index is 1990. The lowest BCUT2D eigenvalue weighted by Gasteiger charge is -2.39. The number of esters is 1. The van der Waals surface area contributed by atoms with E-state index in [1.165, 1.54) is 7.11 Å². The van der Waals surface area contributed by atoms with Crippen LogP contribution in [-0.4, -0.2) is 66.0 Å². The molecule has 1 aliphatic heterocycles. The standard InChI is InChI=1S/C46H51N3O7/c1-31(43(51)36-14-8-5-9-15-36)49(2)29-39-27-42(35-20-18-33(30-50)19-21-35)56-45(55-39)37-24-22-34(23-25-37)40-17-11-10-16-38(40)28-47-46(53)48-41(44(52)54-3)26-32-12-6-4-7-13-32/h4-25,31,39,41-43,45,50-51H,26-30H2,1-3H3,(H2,47,48,53)/t31-,39-,41+,42+,43-,45+/m1/s1. The van der Waals surface area contributed by atoms with E-state index in [1.807, 2.05) is 147 Å². The Hall–Kier alpha value is -5.36. The Morgan fingerprint density at radius 1 is 0.821 bits per heavy atom. The summed E-state index contributed by atoms with van der Waals surface area (Å²) in [5.74, 6) is -0.518. The number of ether oxygens (including phenoxy) is 3. The van der Waals surface area contributed by atoms with Crippen LogP contribution in [-0.2, 0) is 38.6 Å². The van der Waals surface area contributed by atoms with Crippen molar-refractivity contribution in [1.82, 2.24) is 15.5 Å². The first kappa shape index (κ1) is 40.3. The second kappa shape index (κ2) is 19.5. The first-order chi connectivity index (χ1) is 27.2. The van der Waals surface area contributed by atoms with Crippen molar-refractivity contribution in [3.63, 3.8) is 0 Å². The number of amides is 2. The molecule has 2 amide bonds. The number of nitrogens with one attached hydrogen (secondary N) is 2. The average molecular weight is 758 g/mol. The quantitative estimate of drug-likeness (QED) is 0.0839. The summed E-state index contributed by atoms with van der Waals surface area (Å²) in [6.07, 6.45) is -0.828. The van der Waals surface area contributed by atoms with Crippen molar-refractivity contribution >= 4 is 12.0 Å². The molecule has 0 aromatic heterocycles. The highest BCUT2D eigenvalue weighted by Gasteiger charge is 2.34. The molecule has 6 atom stereocenters. The third-order valence-corrected chi connectivity index (χ3v) is 10.4. The van der Waals surface area contributed by atoms with Gasteiger partial charge in [-0.15, -0.1) is 0 Å². The van der Waals surface area contributed by atoms with E-state index in [-0.39, 0.29) is 31.4 Å². The smallest absolute Gasteiger partial charge is 0.328 e. The van der Waals surface area contributed by atoms with Gasteiger partial charge in [-0.3, -0.25) is 4.90 Å². The fourth-order valence-electron chi connectivity index (χ4n) is 7.04. The molecule has 5 aromatic rings. The minimum atomic E-state index is -0.835. The lowest BCUT2D eigenvalue weighted by molar-refractivity contribution is -0.253. The minimum Gasteiger partial charge on any atom is -0.467 e. The molecule has 10 heteroatoms. The van der Waals surface area contributed by atoms with Crippen LogP contribution in [0.1, 0.15) is 65.2 Å². The van der Waals surface area contributed by atoms with Crippen molar-refractivity contribution in [1.29, 1.82) is 0 Å². The summed E-state index contributed by atoms with van der Waals surface area (Å²) in [6, 6.07) is 41.4. The monoisotopic (exact) mass is 757 g/mol. The molecule has 5 aromatic carbocycles. The first-order valence-corrected chi connectivity index (χ1v) is 19.0. The molecule has 292 valence electrons. The molecule has 0 unspecified atom stereocenters. The molecule has 6 rings (SSSR count). The lowest BCUT2D eigenvalue weighted by atomic mass is 9.97. The summed E-state index contributed by atoms with van der Waals surface area (Å²) < 4.78 is 18.2. The zero-order chi connectivity index (χ0) is 39.4. The zero-order valence-corrected chi connectivity index (χ0v) is 32.1. The summed E-state index contributed by atoms with van der Waals surface area (Å²) in [6.45, 7) is 2.80. The molecule has 0 saturated carbocycles. The van der Waals surface area contributed by atoms with Gasteiger partial charge in [0.15, 0.2) is 6.29 Å². The maximum atomic E-state index is 13.0. The second-order valence-corrected chi connectivity index (χ2v) is 14.3. The van der Waals surface area contributed by atoms with Crippen LogP contribution in [0.4, 0.5) is 4.79 Å². The summed E-state index contributed by atoms with van der Waals surface area (Å²) in [7, 11) is 3.31. The Labute approximate surface area is 329 Å². The van der Waals surface area contributed by atoms with Crippen molar-refractivity contribution in [2.45, 2.75) is 69.6 Å². The Balaban J connectivity index is 1.15. The van der Waals surface area contributed by atoms with Crippen LogP contribution in [0, 0.1) is 0 Å². The summed E-state index contributed by atoms with van der Waals surface area (Å²) in [5, 5.41) is 26.4. The number of likely N-dealkylation sites (N-methyl/N-ethyl adjacent to an activating group) is 1. The molecule has 1 fully saturated rings. The van der Waals surface area contributed by atoms with Crippen molar-refractivity contribution < 1.29 is 34.0 Å². The van der Waals surface area contributed by atoms with E-state index in [0.717, 1.165) is 44.5 Å². The van der Waals surface area contributed by atoms with Gasteiger partial charge in [0.25, 0.3) is 0 Å². The molecule has 4 N–H and O–H groups in total. The molecule has 0 bridgehead atoms. The van der Waals surface area contributed by atoms with Crippen LogP contribution in [0.25, 0.3) is 11.1 Å². The highest BCUT2D eigenvalue weighted by Crippen LogP contribution is 2.39. The fraction of sp³-hybridized carbons (Fsp3) is 0.304. The van der Waals surface area contributed by atoms with Crippen LogP contribution in [0.3, 0.4) is 0 Å². The highest BCUT2D eigenvalue weighted by molar-refractivity contribution is 5.84. The number of urea groups is 1. The van der Waals surface area contributed by atoms with Crippen molar-refractivity contribution in [3.8, 4) is 11.1 Å². The molecule has 1 aliphatic rings. The molecule has 0 spiro atoms. The second-order valence-electron chi connectivity index (χ2n) is 14.3.